The van der Waals surface area contributed by atoms with E-state index in [0.29, 0.717) is 23.4 Å². The second-order valence-corrected chi connectivity index (χ2v) is 6.72. The number of carbonyl (C=O) groups excluding carboxylic acids is 3. The molecule has 0 bridgehead atoms. The molecule has 7 heteroatoms. The molecule has 0 unspecified atom stereocenters. The van der Waals surface area contributed by atoms with Gasteiger partial charge in [0.2, 0.25) is 11.7 Å². The van der Waals surface area contributed by atoms with E-state index in [2.05, 4.69) is 5.32 Å². The first kappa shape index (κ1) is 21.4. The van der Waals surface area contributed by atoms with Crippen LogP contribution in [0.3, 0.4) is 0 Å². The Morgan fingerprint density at radius 1 is 1.14 bits per heavy atom. The van der Waals surface area contributed by atoms with Crippen LogP contribution in [0, 0.1) is 13.8 Å². The molecule has 1 atom stereocenters. The Bertz CT molecular complexity index is 868. The summed E-state index contributed by atoms with van der Waals surface area (Å²) in [6.45, 7) is 7.42. The molecule has 0 aliphatic heterocycles. The molecule has 0 aliphatic rings. The van der Waals surface area contributed by atoms with Gasteiger partial charge in [-0.2, -0.15) is 0 Å². The van der Waals surface area contributed by atoms with Crippen LogP contribution >= 0.6 is 0 Å². The first-order chi connectivity index (χ1) is 13.2. The van der Waals surface area contributed by atoms with Gasteiger partial charge in [0.05, 0.1) is 18.2 Å². The normalized spacial score (nSPS) is 11.8. The predicted molar refractivity (Wildman–Crippen MR) is 106 cm³/mol. The van der Waals surface area contributed by atoms with Crippen molar-refractivity contribution >= 4 is 23.3 Å². The zero-order valence-electron chi connectivity index (χ0n) is 16.9. The van der Waals surface area contributed by atoms with Gasteiger partial charge in [0.25, 0.3) is 0 Å². The van der Waals surface area contributed by atoms with E-state index in [-0.39, 0.29) is 24.3 Å². The van der Waals surface area contributed by atoms with Crippen molar-refractivity contribution in [2.24, 2.45) is 0 Å². The van der Waals surface area contributed by atoms with Gasteiger partial charge in [-0.3, -0.25) is 9.59 Å². The van der Waals surface area contributed by atoms with Crippen LogP contribution in [0.1, 0.15) is 52.0 Å². The third-order valence-electron chi connectivity index (χ3n) is 4.41. The highest BCUT2D eigenvalue weighted by Crippen LogP contribution is 2.21. The van der Waals surface area contributed by atoms with Crippen LogP contribution in [0.4, 0.5) is 5.69 Å². The van der Waals surface area contributed by atoms with Gasteiger partial charge < -0.3 is 19.4 Å². The zero-order chi connectivity index (χ0) is 20.8. The van der Waals surface area contributed by atoms with Crippen molar-refractivity contribution in [1.82, 2.24) is 4.57 Å². The fourth-order valence-corrected chi connectivity index (χ4v) is 3.24. The number of Topliss-reactive ketones (excluding diaryl/α,β-unsaturated/α-hetero) is 1. The molecule has 0 aliphatic carbocycles. The summed E-state index contributed by atoms with van der Waals surface area (Å²) in [5.74, 6) is -1.05. The van der Waals surface area contributed by atoms with Crippen molar-refractivity contribution in [2.45, 2.75) is 33.7 Å². The van der Waals surface area contributed by atoms with Gasteiger partial charge in [-0.15, -0.1) is 0 Å². The van der Waals surface area contributed by atoms with E-state index in [1.807, 2.05) is 25.3 Å². The zero-order valence-corrected chi connectivity index (χ0v) is 16.9. The summed E-state index contributed by atoms with van der Waals surface area (Å²) in [5.41, 5.74) is 3.20. The molecule has 0 spiro atoms. The van der Waals surface area contributed by atoms with Crippen LogP contribution in [0.2, 0.25) is 0 Å². The van der Waals surface area contributed by atoms with Crippen LogP contribution in [0.25, 0.3) is 0 Å². The number of aromatic nitrogens is 1. The number of ketones is 1. The van der Waals surface area contributed by atoms with Crippen molar-refractivity contribution in [3.63, 3.8) is 0 Å². The highest BCUT2D eigenvalue weighted by Gasteiger charge is 2.20. The Kier molecular flexibility index (Phi) is 7.12. The van der Waals surface area contributed by atoms with E-state index in [1.165, 1.54) is 19.1 Å². The first-order valence-electron chi connectivity index (χ1n) is 9.00. The molecule has 0 saturated carbocycles. The van der Waals surface area contributed by atoms with Crippen molar-refractivity contribution < 1.29 is 23.9 Å². The largest absolute Gasteiger partial charge is 0.454 e. The Balaban J connectivity index is 2.03. The lowest BCUT2D eigenvalue weighted by Crippen LogP contribution is -2.17. The summed E-state index contributed by atoms with van der Waals surface area (Å²) in [6, 6.07) is 8.18. The summed E-state index contributed by atoms with van der Waals surface area (Å²) in [4.78, 5) is 35.8. The number of methoxy groups -OCH3 is 1. The van der Waals surface area contributed by atoms with Crippen molar-refractivity contribution in [3.8, 4) is 0 Å². The minimum Gasteiger partial charge on any atom is -0.454 e. The maximum absolute atomic E-state index is 12.6. The Morgan fingerprint density at radius 2 is 1.79 bits per heavy atom. The quantitative estimate of drug-likeness (QED) is 0.556. The third-order valence-corrected chi connectivity index (χ3v) is 4.41. The molecular formula is C21H26N2O5. The Morgan fingerprint density at radius 3 is 2.36 bits per heavy atom. The fourth-order valence-electron chi connectivity index (χ4n) is 3.24. The number of anilines is 1. The molecule has 0 saturated heterocycles. The smallest absolute Gasteiger partial charge is 0.338 e. The predicted octanol–water partition coefficient (Wildman–Crippen LogP) is 3.31. The topological polar surface area (TPSA) is 86.6 Å². The number of benzene rings is 1. The van der Waals surface area contributed by atoms with Gasteiger partial charge in [-0.05, 0) is 51.1 Å². The minimum absolute atomic E-state index is 0.0937. The number of hydrogen-bond donors (Lipinski definition) is 1. The maximum atomic E-state index is 12.6. The number of rotatable bonds is 8. The Hall–Kier alpha value is -2.93. The number of amides is 1. The van der Waals surface area contributed by atoms with Gasteiger partial charge in [-0.1, -0.05) is 0 Å². The van der Waals surface area contributed by atoms with Gasteiger partial charge >= 0.3 is 5.97 Å². The van der Waals surface area contributed by atoms with E-state index in [9.17, 15) is 14.4 Å². The second kappa shape index (κ2) is 9.32. The molecule has 2 aromatic rings. The standard InChI is InChI=1S/C21H26N2O5/c1-13-10-19(15(3)23(13)14(2)11-27-5)20(25)12-28-21(26)17-6-8-18(9-7-17)22-16(4)24/h6-10,14H,11-12H2,1-5H3,(H,22,24)/t14-/m1/s1. The van der Waals surface area contributed by atoms with Gasteiger partial charge in [0.1, 0.15) is 0 Å². The van der Waals surface area contributed by atoms with Crippen LogP contribution in [0.15, 0.2) is 30.3 Å². The van der Waals surface area contributed by atoms with E-state index in [4.69, 9.17) is 9.47 Å². The third kappa shape index (κ3) is 5.07. The van der Waals surface area contributed by atoms with Gasteiger partial charge in [0, 0.05) is 36.7 Å². The number of nitrogens with zero attached hydrogens (tertiary/aromatic N) is 1. The molecule has 1 aromatic heterocycles. The summed E-state index contributed by atoms with van der Waals surface area (Å²) in [5, 5.41) is 2.62. The number of carbonyl (C=O) groups is 3. The van der Waals surface area contributed by atoms with Crippen LogP contribution < -0.4 is 5.32 Å². The van der Waals surface area contributed by atoms with Crippen LogP contribution in [-0.2, 0) is 14.3 Å². The Labute approximate surface area is 164 Å². The molecule has 1 aromatic carbocycles. The summed E-state index contributed by atoms with van der Waals surface area (Å²) >= 11 is 0. The molecule has 1 amide bonds. The highest BCUT2D eigenvalue weighted by atomic mass is 16.5. The number of esters is 1. The lowest BCUT2D eigenvalue weighted by atomic mass is 10.1. The minimum atomic E-state index is -0.593. The molecule has 1 heterocycles. The molecule has 0 radical (unpaired) electrons. The van der Waals surface area contributed by atoms with E-state index >= 15 is 0 Å². The average Bonchev–Trinajstić information content (AvgIpc) is 2.94. The van der Waals surface area contributed by atoms with E-state index in [1.54, 1.807) is 25.3 Å². The van der Waals surface area contributed by atoms with Gasteiger partial charge in [-0.25, -0.2) is 4.79 Å². The lowest BCUT2D eigenvalue weighted by molar-refractivity contribution is -0.114. The second-order valence-electron chi connectivity index (χ2n) is 6.72. The first-order valence-corrected chi connectivity index (χ1v) is 9.00. The highest BCUT2D eigenvalue weighted by molar-refractivity contribution is 6.00. The van der Waals surface area contributed by atoms with E-state index in [0.717, 1.165) is 11.4 Å². The maximum Gasteiger partial charge on any atom is 0.338 e. The number of nitrogens with one attached hydrogen (secondary N) is 1. The van der Waals surface area contributed by atoms with Gasteiger partial charge in [0.15, 0.2) is 6.61 Å². The fraction of sp³-hybridized carbons (Fsp3) is 0.381. The van der Waals surface area contributed by atoms with Crippen molar-refractivity contribution in [1.29, 1.82) is 0 Å². The monoisotopic (exact) mass is 386 g/mol. The van der Waals surface area contributed by atoms with Crippen LogP contribution in [-0.4, -0.2) is 42.6 Å². The lowest BCUT2D eigenvalue weighted by Gasteiger charge is -2.17. The number of hydrogen-bond acceptors (Lipinski definition) is 5. The molecule has 0 fully saturated rings. The molecule has 2 rings (SSSR count). The summed E-state index contributed by atoms with van der Waals surface area (Å²) in [6.07, 6.45) is 0. The number of aryl methyl sites for hydroxylation is 1. The molecule has 7 nitrogen and oxygen atoms in total. The molecule has 1 N–H and O–H groups in total. The van der Waals surface area contributed by atoms with E-state index < -0.39 is 5.97 Å². The molecule has 150 valence electrons. The molecule has 28 heavy (non-hydrogen) atoms. The summed E-state index contributed by atoms with van der Waals surface area (Å²) in [7, 11) is 1.64. The summed E-state index contributed by atoms with van der Waals surface area (Å²) < 4.78 is 12.4. The average molecular weight is 386 g/mol. The van der Waals surface area contributed by atoms with Crippen molar-refractivity contribution in [3.05, 3.63) is 52.8 Å². The van der Waals surface area contributed by atoms with Crippen LogP contribution in [0.5, 0.6) is 0 Å². The van der Waals surface area contributed by atoms with Crippen molar-refractivity contribution in [2.75, 3.05) is 25.6 Å². The number of ether oxygens (including phenoxy) is 2. The molecular weight excluding hydrogens is 360 g/mol. The SMILES string of the molecule is COC[C@@H](C)n1c(C)cc(C(=O)COC(=O)c2ccc(NC(C)=O)cc2)c1C.